The number of rotatable bonds is 7. The molecule has 0 radical (unpaired) electrons. The minimum Gasteiger partial charge on any atom is -0.505 e. The van der Waals surface area contributed by atoms with Crippen LogP contribution in [0.3, 0.4) is 0 Å². The van der Waals surface area contributed by atoms with Crippen molar-refractivity contribution in [2.45, 2.75) is 19.1 Å². The molecule has 3 amide bonds. The van der Waals surface area contributed by atoms with E-state index in [-0.39, 0.29) is 22.7 Å². The zero-order valence-electron chi connectivity index (χ0n) is 17.9. The lowest BCUT2D eigenvalue weighted by molar-refractivity contribution is -0.155. The molecular weight excluding hydrogens is 461 g/mol. The summed E-state index contributed by atoms with van der Waals surface area (Å²) in [6.07, 6.45) is -4.76. The highest BCUT2D eigenvalue weighted by molar-refractivity contribution is 7.10. The molecular formula is C21H21F3N4O4S. The van der Waals surface area contributed by atoms with E-state index in [0.717, 1.165) is 16.2 Å². The Kier molecular flexibility index (Phi) is 6.68. The fourth-order valence-electron chi connectivity index (χ4n) is 3.22. The lowest BCUT2D eigenvalue weighted by Crippen LogP contribution is -2.38. The van der Waals surface area contributed by atoms with Gasteiger partial charge in [0.2, 0.25) is 0 Å². The van der Waals surface area contributed by atoms with Gasteiger partial charge in [-0.15, -0.1) is 11.3 Å². The second-order valence-electron chi connectivity index (χ2n) is 7.27. The topological polar surface area (TPSA) is 102 Å². The zero-order valence-corrected chi connectivity index (χ0v) is 18.7. The summed E-state index contributed by atoms with van der Waals surface area (Å²) in [7, 11) is 2.96. The summed E-state index contributed by atoms with van der Waals surface area (Å²) in [5.41, 5.74) is -1.24. The number of anilines is 1. The average Bonchev–Trinajstić information content (AvgIpc) is 3.34. The van der Waals surface area contributed by atoms with Crippen molar-refractivity contribution in [3.63, 3.8) is 0 Å². The number of likely N-dealkylation sites (N-methyl/N-ethyl adjacent to an activating group) is 1. The molecule has 176 valence electrons. The molecule has 3 rings (SSSR count). The van der Waals surface area contributed by atoms with Gasteiger partial charge in [-0.1, -0.05) is 12.1 Å². The molecule has 1 aliphatic rings. The van der Waals surface area contributed by atoms with Gasteiger partial charge in [-0.25, -0.2) is 0 Å². The molecule has 0 unspecified atom stereocenters. The third-order valence-corrected chi connectivity index (χ3v) is 5.80. The highest BCUT2D eigenvalue weighted by Gasteiger charge is 2.46. The number of alkyl halides is 3. The Morgan fingerprint density at radius 1 is 1.15 bits per heavy atom. The van der Waals surface area contributed by atoms with Crippen molar-refractivity contribution in [3.8, 4) is 5.75 Å². The van der Waals surface area contributed by atoms with E-state index < -0.39 is 47.1 Å². The average molecular weight is 482 g/mol. The monoisotopic (exact) mass is 482 g/mol. The molecule has 0 aliphatic carbocycles. The smallest absolute Gasteiger partial charge is 0.413 e. The Labute approximate surface area is 191 Å². The van der Waals surface area contributed by atoms with Gasteiger partial charge < -0.3 is 20.6 Å². The van der Waals surface area contributed by atoms with Crippen LogP contribution < -0.4 is 10.6 Å². The van der Waals surface area contributed by atoms with Crippen LogP contribution in [0.4, 0.5) is 18.9 Å². The Morgan fingerprint density at radius 2 is 1.82 bits per heavy atom. The number of carbonyl (C=O) groups excluding carboxylic acids is 3. The molecule has 1 aliphatic heterocycles. The highest BCUT2D eigenvalue weighted by atomic mass is 32.1. The third kappa shape index (κ3) is 4.65. The fraction of sp³-hybridized carbons (Fsp3) is 0.286. The minimum absolute atomic E-state index is 0.0746. The van der Waals surface area contributed by atoms with Gasteiger partial charge in [0.1, 0.15) is 11.4 Å². The van der Waals surface area contributed by atoms with E-state index in [1.807, 2.05) is 0 Å². The SMILES string of the molecule is CCN1C(=O)C(Nc2cccc(C(=O)N(C)C)c2O)=C(N[C@@H](c2cccs2)C(F)(F)F)C1=O. The third-order valence-electron chi connectivity index (χ3n) is 4.86. The molecule has 0 bridgehead atoms. The van der Waals surface area contributed by atoms with E-state index in [1.165, 1.54) is 61.6 Å². The maximum atomic E-state index is 13.8. The summed E-state index contributed by atoms with van der Waals surface area (Å²) in [4.78, 5) is 39.8. The molecule has 1 aromatic heterocycles. The van der Waals surface area contributed by atoms with Crippen molar-refractivity contribution < 1.29 is 32.7 Å². The molecule has 33 heavy (non-hydrogen) atoms. The van der Waals surface area contributed by atoms with Crippen LogP contribution >= 0.6 is 11.3 Å². The van der Waals surface area contributed by atoms with Crippen molar-refractivity contribution in [1.82, 2.24) is 15.1 Å². The molecule has 1 atom stereocenters. The summed E-state index contributed by atoms with van der Waals surface area (Å²) in [6.45, 7) is 1.43. The predicted molar refractivity (Wildman–Crippen MR) is 115 cm³/mol. The van der Waals surface area contributed by atoms with Crippen LogP contribution in [0.2, 0.25) is 0 Å². The first kappa shape index (κ1) is 24.1. The van der Waals surface area contributed by atoms with E-state index in [4.69, 9.17) is 0 Å². The number of para-hydroxylation sites is 1. The van der Waals surface area contributed by atoms with Crippen LogP contribution in [-0.2, 0) is 9.59 Å². The number of imide groups is 1. The van der Waals surface area contributed by atoms with Crippen molar-refractivity contribution in [2.75, 3.05) is 26.0 Å². The summed E-state index contributed by atoms with van der Waals surface area (Å²) >= 11 is 0.848. The number of phenols is 1. The number of halogens is 3. The number of hydrogen-bond donors (Lipinski definition) is 3. The Balaban J connectivity index is 2.06. The Morgan fingerprint density at radius 3 is 2.36 bits per heavy atom. The Hall–Kier alpha value is -3.54. The minimum atomic E-state index is -4.76. The van der Waals surface area contributed by atoms with Gasteiger partial charge >= 0.3 is 6.18 Å². The van der Waals surface area contributed by atoms with Crippen LogP contribution in [0.5, 0.6) is 5.75 Å². The maximum absolute atomic E-state index is 13.8. The van der Waals surface area contributed by atoms with Crippen LogP contribution in [-0.4, -0.2) is 59.4 Å². The molecule has 1 aromatic carbocycles. The lowest BCUT2D eigenvalue weighted by Gasteiger charge is -2.22. The van der Waals surface area contributed by atoms with Gasteiger partial charge in [-0.2, -0.15) is 13.2 Å². The van der Waals surface area contributed by atoms with Crippen LogP contribution in [0, 0.1) is 0 Å². The van der Waals surface area contributed by atoms with Gasteiger partial charge in [-0.3, -0.25) is 19.3 Å². The van der Waals surface area contributed by atoms with Crippen molar-refractivity contribution in [1.29, 1.82) is 0 Å². The molecule has 0 saturated carbocycles. The first-order valence-electron chi connectivity index (χ1n) is 9.75. The molecule has 2 aromatic rings. The number of thiophene rings is 1. The second kappa shape index (κ2) is 9.14. The summed E-state index contributed by atoms with van der Waals surface area (Å²) in [6, 6.07) is 4.60. The standard InChI is InChI=1S/C21H21F3N4O4S/c1-4-28-19(31)14(25-12-8-5-7-11(16(12)29)18(30)27(2)3)15(20(28)32)26-17(21(22,23)24)13-9-6-10-33-13/h5-10,17,25-26,29H,4H2,1-3H3/t17-/m0/s1. The Bertz CT molecular complexity index is 1110. The molecule has 12 heteroatoms. The van der Waals surface area contributed by atoms with E-state index in [0.29, 0.717) is 0 Å². The van der Waals surface area contributed by atoms with Crippen LogP contribution in [0.1, 0.15) is 28.2 Å². The maximum Gasteiger partial charge on any atom is 0.413 e. The summed E-state index contributed by atoms with van der Waals surface area (Å²) in [5, 5.41) is 16.8. The van der Waals surface area contributed by atoms with E-state index in [1.54, 1.807) is 0 Å². The van der Waals surface area contributed by atoms with Crippen molar-refractivity contribution in [3.05, 3.63) is 57.5 Å². The van der Waals surface area contributed by atoms with Gasteiger partial charge in [0.05, 0.1) is 11.3 Å². The summed E-state index contributed by atoms with van der Waals surface area (Å²) in [5.74, 6) is -2.83. The molecule has 3 N–H and O–H groups in total. The van der Waals surface area contributed by atoms with Gasteiger partial charge in [0.25, 0.3) is 17.7 Å². The largest absolute Gasteiger partial charge is 0.505 e. The molecule has 0 fully saturated rings. The number of phenolic OH excluding ortho intramolecular Hbond substituents is 1. The zero-order chi connectivity index (χ0) is 24.5. The molecule has 8 nitrogen and oxygen atoms in total. The fourth-order valence-corrected chi connectivity index (χ4v) is 4.02. The number of nitrogens with one attached hydrogen (secondary N) is 2. The predicted octanol–water partition coefficient (Wildman–Crippen LogP) is 3.06. The van der Waals surface area contributed by atoms with Gasteiger partial charge in [0.15, 0.2) is 11.8 Å². The lowest BCUT2D eigenvalue weighted by atomic mass is 10.1. The first-order chi connectivity index (χ1) is 15.5. The van der Waals surface area contributed by atoms with E-state index in [2.05, 4.69) is 10.6 Å². The number of nitrogens with zero attached hydrogens (tertiary/aromatic N) is 2. The van der Waals surface area contributed by atoms with Crippen molar-refractivity contribution >= 4 is 34.7 Å². The van der Waals surface area contributed by atoms with Crippen molar-refractivity contribution in [2.24, 2.45) is 0 Å². The summed E-state index contributed by atoms with van der Waals surface area (Å²) < 4.78 is 41.4. The molecule has 2 heterocycles. The molecule has 0 saturated heterocycles. The number of amides is 3. The molecule has 0 spiro atoms. The second-order valence-corrected chi connectivity index (χ2v) is 8.24. The number of aromatic hydroxyl groups is 1. The normalized spacial score (nSPS) is 15.2. The first-order valence-corrected chi connectivity index (χ1v) is 10.6. The number of carbonyl (C=O) groups is 3. The van der Waals surface area contributed by atoms with Gasteiger partial charge in [0, 0.05) is 25.5 Å². The highest BCUT2D eigenvalue weighted by Crippen LogP contribution is 2.37. The van der Waals surface area contributed by atoms with Gasteiger partial charge in [-0.05, 0) is 30.5 Å². The van der Waals surface area contributed by atoms with Crippen LogP contribution in [0.15, 0.2) is 47.1 Å². The number of benzene rings is 1. The van der Waals surface area contributed by atoms with Crippen LogP contribution in [0.25, 0.3) is 0 Å². The number of hydrogen-bond acceptors (Lipinski definition) is 7. The van der Waals surface area contributed by atoms with E-state index >= 15 is 0 Å². The van der Waals surface area contributed by atoms with E-state index in [9.17, 15) is 32.7 Å². The quantitative estimate of drug-likeness (QED) is 0.414.